The largest absolute Gasteiger partial charge is 0.411 e. The van der Waals surface area contributed by atoms with Crippen molar-refractivity contribution in [1.29, 1.82) is 0 Å². The summed E-state index contributed by atoms with van der Waals surface area (Å²) in [7, 11) is 1.68. The molecule has 0 unspecified atom stereocenters. The van der Waals surface area contributed by atoms with Crippen LogP contribution in [0.3, 0.4) is 0 Å². The van der Waals surface area contributed by atoms with Crippen LogP contribution in [0.1, 0.15) is 36.0 Å². The summed E-state index contributed by atoms with van der Waals surface area (Å²) < 4.78 is 25.6. The number of oxime groups is 1. The van der Waals surface area contributed by atoms with Crippen molar-refractivity contribution in [3.8, 4) is 0 Å². The predicted molar refractivity (Wildman–Crippen MR) is 102 cm³/mol. The van der Waals surface area contributed by atoms with E-state index in [1.165, 1.54) is 17.3 Å². The highest BCUT2D eigenvalue weighted by atomic mass is 32.2. The Kier molecular flexibility index (Phi) is 5.21. The normalized spacial score (nSPS) is 20.0. The number of hydrogen-bond donors (Lipinski definition) is 1. The minimum Gasteiger partial charge on any atom is -0.411 e. The summed E-state index contributed by atoms with van der Waals surface area (Å²) in [4.78, 5) is 1.89. The number of hydrogen-bond acceptors (Lipinski definition) is 5. The standard InChI is InChI=1S/C21H22FNO3S/c1-25-21(6-8-26-9-7-21)15-11-16(22)13-18(12-15)27-17-3-4-19-14(10-17)2-5-20(19)23-24/h3-4,10-13,24H,2,5-9H2,1H3. The number of ether oxygens (including phenoxy) is 2. The quantitative estimate of drug-likeness (QED) is 0.607. The molecule has 27 heavy (non-hydrogen) atoms. The van der Waals surface area contributed by atoms with Crippen LogP contribution in [0, 0.1) is 5.82 Å². The van der Waals surface area contributed by atoms with E-state index < -0.39 is 5.60 Å². The number of aryl methyl sites for hydroxylation is 1. The molecule has 0 radical (unpaired) electrons. The molecule has 0 bridgehead atoms. The Balaban J connectivity index is 1.63. The summed E-state index contributed by atoms with van der Waals surface area (Å²) in [6, 6.07) is 11.2. The van der Waals surface area contributed by atoms with E-state index in [0.29, 0.717) is 13.2 Å². The van der Waals surface area contributed by atoms with Crippen molar-refractivity contribution in [2.45, 2.75) is 41.1 Å². The fourth-order valence-electron chi connectivity index (χ4n) is 3.95. The molecule has 0 spiro atoms. The van der Waals surface area contributed by atoms with E-state index in [1.54, 1.807) is 19.2 Å². The van der Waals surface area contributed by atoms with Crippen LogP contribution < -0.4 is 0 Å². The van der Waals surface area contributed by atoms with E-state index in [1.807, 2.05) is 18.2 Å². The average molecular weight is 387 g/mol. The van der Waals surface area contributed by atoms with Gasteiger partial charge in [0.1, 0.15) is 5.82 Å². The molecule has 4 nitrogen and oxygen atoms in total. The molecule has 1 aliphatic carbocycles. The lowest BCUT2D eigenvalue weighted by Crippen LogP contribution is -2.35. The van der Waals surface area contributed by atoms with Gasteiger partial charge in [0, 0.05) is 48.5 Å². The van der Waals surface area contributed by atoms with Gasteiger partial charge in [0.25, 0.3) is 0 Å². The van der Waals surface area contributed by atoms with Crippen molar-refractivity contribution in [3.63, 3.8) is 0 Å². The number of methoxy groups -OCH3 is 1. The Morgan fingerprint density at radius 2 is 1.93 bits per heavy atom. The van der Waals surface area contributed by atoms with Gasteiger partial charge in [-0.05, 0) is 54.3 Å². The van der Waals surface area contributed by atoms with E-state index in [0.717, 1.165) is 52.3 Å². The average Bonchev–Trinajstić information content (AvgIpc) is 3.10. The maximum atomic E-state index is 14.4. The van der Waals surface area contributed by atoms with Gasteiger partial charge in [-0.15, -0.1) is 0 Å². The van der Waals surface area contributed by atoms with Gasteiger partial charge >= 0.3 is 0 Å². The number of nitrogens with zero attached hydrogens (tertiary/aromatic N) is 1. The molecule has 0 aromatic heterocycles. The molecule has 0 atom stereocenters. The van der Waals surface area contributed by atoms with Crippen molar-refractivity contribution in [3.05, 3.63) is 58.9 Å². The van der Waals surface area contributed by atoms with Crippen molar-refractivity contribution in [2.24, 2.45) is 5.16 Å². The molecule has 0 saturated carbocycles. The van der Waals surface area contributed by atoms with Crippen LogP contribution >= 0.6 is 11.8 Å². The summed E-state index contributed by atoms with van der Waals surface area (Å²) in [6.07, 6.45) is 3.06. The molecule has 1 fully saturated rings. The molecular formula is C21H22FNO3S. The first-order valence-corrected chi connectivity index (χ1v) is 9.91. The molecule has 2 aliphatic rings. The number of fused-ring (bicyclic) bond motifs is 1. The van der Waals surface area contributed by atoms with Crippen LogP contribution in [-0.2, 0) is 21.5 Å². The first-order valence-electron chi connectivity index (χ1n) is 9.09. The number of rotatable bonds is 4. The SMILES string of the molecule is COC1(c2cc(F)cc(Sc3ccc4c(c3)CCC4=NO)c2)CCOCC1. The number of benzene rings is 2. The zero-order valence-corrected chi connectivity index (χ0v) is 16.0. The van der Waals surface area contributed by atoms with Crippen LogP contribution in [0.2, 0.25) is 0 Å². The Labute approximate surface area is 162 Å². The summed E-state index contributed by atoms with van der Waals surface area (Å²) >= 11 is 1.53. The van der Waals surface area contributed by atoms with Crippen LogP contribution in [0.4, 0.5) is 4.39 Å². The molecule has 1 aliphatic heterocycles. The molecule has 4 rings (SSSR count). The summed E-state index contributed by atoms with van der Waals surface area (Å²) in [6.45, 7) is 1.23. The third-order valence-corrected chi connectivity index (χ3v) is 6.42. The van der Waals surface area contributed by atoms with E-state index in [4.69, 9.17) is 14.7 Å². The second-order valence-electron chi connectivity index (χ2n) is 6.95. The molecule has 1 saturated heterocycles. The second kappa shape index (κ2) is 7.62. The van der Waals surface area contributed by atoms with E-state index in [2.05, 4.69) is 11.2 Å². The topological polar surface area (TPSA) is 51.0 Å². The fraction of sp³-hybridized carbons (Fsp3) is 0.381. The van der Waals surface area contributed by atoms with Crippen molar-refractivity contribution in [1.82, 2.24) is 0 Å². The van der Waals surface area contributed by atoms with Gasteiger partial charge in [0.15, 0.2) is 0 Å². The molecule has 6 heteroatoms. The van der Waals surface area contributed by atoms with E-state index >= 15 is 0 Å². The van der Waals surface area contributed by atoms with Crippen LogP contribution in [0.5, 0.6) is 0 Å². The van der Waals surface area contributed by atoms with E-state index in [9.17, 15) is 4.39 Å². The van der Waals surface area contributed by atoms with Gasteiger partial charge in [-0.2, -0.15) is 0 Å². The molecule has 1 heterocycles. The van der Waals surface area contributed by atoms with Crippen molar-refractivity contribution >= 4 is 17.5 Å². The Bertz CT molecular complexity index is 878. The molecule has 142 valence electrons. The maximum absolute atomic E-state index is 14.4. The van der Waals surface area contributed by atoms with Crippen LogP contribution in [-0.4, -0.2) is 31.2 Å². The van der Waals surface area contributed by atoms with Crippen molar-refractivity contribution < 1.29 is 19.1 Å². The minimum atomic E-state index is -0.486. The second-order valence-corrected chi connectivity index (χ2v) is 8.10. The number of halogens is 1. The Morgan fingerprint density at radius 3 is 2.67 bits per heavy atom. The van der Waals surface area contributed by atoms with Gasteiger partial charge in [-0.25, -0.2) is 4.39 Å². The molecule has 2 aromatic rings. The lowest BCUT2D eigenvalue weighted by molar-refractivity contribution is -0.0950. The lowest BCUT2D eigenvalue weighted by Gasteiger charge is -2.36. The zero-order chi connectivity index (χ0) is 18.9. The predicted octanol–water partition coefficient (Wildman–Crippen LogP) is 4.75. The summed E-state index contributed by atoms with van der Waals surface area (Å²) in [5.41, 5.74) is 3.28. The molecule has 1 N–H and O–H groups in total. The zero-order valence-electron chi connectivity index (χ0n) is 15.2. The van der Waals surface area contributed by atoms with Gasteiger partial charge in [0.05, 0.1) is 11.3 Å². The molecule has 2 aromatic carbocycles. The first-order chi connectivity index (χ1) is 13.1. The highest BCUT2D eigenvalue weighted by molar-refractivity contribution is 7.99. The Hall–Kier alpha value is -1.89. The minimum absolute atomic E-state index is 0.256. The van der Waals surface area contributed by atoms with Gasteiger partial charge < -0.3 is 14.7 Å². The lowest BCUT2D eigenvalue weighted by atomic mass is 9.86. The third-order valence-electron chi connectivity index (χ3n) is 5.46. The van der Waals surface area contributed by atoms with E-state index in [-0.39, 0.29) is 5.82 Å². The highest BCUT2D eigenvalue weighted by Crippen LogP contribution is 2.39. The van der Waals surface area contributed by atoms with Crippen molar-refractivity contribution in [2.75, 3.05) is 20.3 Å². The summed E-state index contributed by atoms with van der Waals surface area (Å²) in [5, 5.41) is 12.4. The van der Waals surface area contributed by atoms with Gasteiger partial charge in [0.2, 0.25) is 0 Å². The summed E-state index contributed by atoms with van der Waals surface area (Å²) in [5.74, 6) is -0.256. The first kappa shape index (κ1) is 18.5. The van der Waals surface area contributed by atoms with Gasteiger partial charge in [-0.3, -0.25) is 0 Å². The molecular weight excluding hydrogens is 365 g/mol. The molecule has 0 amide bonds. The highest BCUT2D eigenvalue weighted by Gasteiger charge is 2.35. The van der Waals surface area contributed by atoms with Crippen LogP contribution in [0.25, 0.3) is 0 Å². The maximum Gasteiger partial charge on any atom is 0.124 e. The monoisotopic (exact) mass is 387 g/mol. The smallest absolute Gasteiger partial charge is 0.124 e. The third kappa shape index (κ3) is 3.61. The fourth-order valence-corrected chi connectivity index (χ4v) is 4.91. The Morgan fingerprint density at radius 1 is 1.11 bits per heavy atom. The van der Waals surface area contributed by atoms with Crippen LogP contribution in [0.15, 0.2) is 51.3 Å². The van der Waals surface area contributed by atoms with Gasteiger partial charge in [-0.1, -0.05) is 23.0 Å².